The van der Waals surface area contributed by atoms with Gasteiger partial charge in [-0.3, -0.25) is 9.59 Å². The van der Waals surface area contributed by atoms with Gasteiger partial charge in [-0.05, 0) is 30.5 Å². The van der Waals surface area contributed by atoms with Gasteiger partial charge in [-0.1, -0.05) is 12.1 Å². The SMILES string of the molecule is CC(O)(CC(=O)O)c1ccc2c(c1)CCC(=O)N2. The Morgan fingerprint density at radius 1 is 1.44 bits per heavy atom. The van der Waals surface area contributed by atoms with Crippen molar-refractivity contribution < 1.29 is 19.8 Å². The number of carboxylic acids is 1. The van der Waals surface area contributed by atoms with Crippen LogP contribution in [0.1, 0.15) is 30.9 Å². The van der Waals surface area contributed by atoms with Gasteiger partial charge in [-0.15, -0.1) is 0 Å². The van der Waals surface area contributed by atoms with Crippen LogP contribution in [0.5, 0.6) is 0 Å². The highest BCUT2D eigenvalue weighted by Gasteiger charge is 2.28. The summed E-state index contributed by atoms with van der Waals surface area (Å²) in [5, 5.41) is 21.7. The highest BCUT2D eigenvalue weighted by Crippen LogP contribution is 2.30. The third-order valence-corrected chi connectivity index (χ3v) is 3.12. The summed E-state index contributed by atoms with van der Waals surface area (Å²) in [7, 11) is 0. The molecule has 18 heavy (non-hydrogen) atoms. The number of rotatable bonds is 3. The number of aryl methyl sites for hydroxylation is 1. The summed E-state index contributed by atoms with van der Waals surface area (Å²) in [5.74, 6) is -1.07. The summed E-state index contributed by atoms with van der Waals surface area (Å²) >= 11 is 0. The highest BCUT2D eigenvalue weighted by atomic mass is 16.4. The van der Waals surface area contributed by atoms with Gasteiger partial charge in [0.2, 0.25) is 5.91 Å². The number of nitrogens with one attached hydrogen (secondary N) is 1. The average Bonchev–Trinajstić information content (AvgIpc) is 2.26. The topological polar surface area (TPSA) is 86.6 Å². The zero-order valence-corrected chi connectivity index (χ0v) is 10.1. The lowest BCUT2D eigenvalue weighted by atomic mass is 9.89. The molecule has 3 N–H and O–H groups in total. The maximum atomic E-state index is 11.2. The number of carbonyl (C=O) groups is 2. The van der Waals surface area contributed by atoms with Crippen molar-refractivity contribution in [3.8, 4) is 0 Å². The van der Waals surface area contributed by atoms with E-state index in [1.807, 2.05) is 0 Å². The zero-order chi connectivity index (χ0) is 13.3. The van der Waals surface area contributed by atoms with Crippen LogP contribution in [-0.4, -0.2) is 22.1 Å². The minimum atomic E-state index is -1.40. The molecule has 0 radical (unpaired) electrons. The minimum absolute atomic E-state index is 0.0208. The molecule has 0 fully saturated rings. The first-order chi connectivity index (χ1) is 8.38. The third kappa shape index (κ3) is 2.51. The molecule has 0 aliphatic carbocycles. The second-order valence-electron chi connectivity index (χ2n) is 4.76. The van der Waals surface area contributed by atoms with Gasteiger partial charge < -0.3 is 15.5 Å². The van der Waals surface area contributed by atoms with Crippen LogP contribution in [0.2, 0.25) is 0 Å². The predicted octanol–water partition coefficient (Wildman–Crippen LogP) is 1.25. The third-order valence-electron chi connectivity index (χ3n) is 3.12. The van der Waals surface area contributed by atoms with E-state index in [0.717, 1.165) is 11.3 Å². The Bertz CT molecular complexity index is 508. The molecule has 0 aromatic heterocycles. The first kappa shape index (κ1) is 12.6. The number of carboxylic acid groups (broad SMARTS) is 1. The number of carbonyl (C=O) groups excluding carboxylic acids is 1. The van der Waals surface area contributed by atoms with Crippen molar-refractivity contribution in [3.05, 3.63) is 29.3 Å². The Morgan fingerprint density at radius 3 is 2.83 bits per heavy atom. The van der Waals surface area contributed by atoms with Crippen LogP contribution < -0.4 is 5.32 Å². The number of aliphatic carboxylic acids is 1. The molecule has 1 unspecified atom stereocenters. The Hall–Kier alpha value is -1.88. The number of hydrogen-bond donors (Lipinski definition) is 3. The molecule has 96 valence electrons. The molecule has 0 spiro atoms. The van der Waals surface area contributed by atoms with Crippen molar-refractivity contribution in [2.45, 2.75) is 31.8 Å². The monoisotopic (exact) mass is 249 g/mol. The van der Waals surface area contributed by atoms with Crippen molar-refractivity contribution in [3.63, 3.8) is 0 Å². The van der Waals surface area contributed by atoms with Gasteiger partial charge in [-0.25, -0.2) is 0 Å². The quantitative estimate of drug-likeness (QED) is 0.752. The van der Waals surface area contributed by atoms with E-state index in [-0.39, 0.29) is 12.3 Å². The fourth-order valence-electron chi connectivity index (χ4n) is 2.11. The fourth-order valence-corrected chi connectivity index (χ4v) is 2.11. The van der Waals surface area contributed by atoms with Crippen LogP contribution in [0, 0.1) is 0 Å². The molecule has 0 saturated carbocycles. The maximum absolute atomic E-state index is 11.2. The van der Waals surface area contributed by atoms with E-state index in [0.29, 0.717) is 18.4 Å². The molecule has 0 bridgehead atoms. The number of hydrogen-bond acceptors (Lipinski definition) is 3. The van der Waals surface area contributed by atoms with Crippen LogP contribution in [0.4, 0.5) is 5.69 Å². The summed E-state index contributed by atoms with van der Waals surface area (Å²) in [6.07, 6.45) is 0.674. The fraction of sp³-hybridized carbons (Fsp3) is 0.385. The summed E-state index contributed by atoms with van der Waals surface area (Å²) in [4.78, 5) is 21.9. The van der Waals surface area contributed by atoms with Gasteiger partial charge in [0.25, 0.3) is 0 Å². The molecule has 0 saturated heterocycles. The lowest BCUT2D eigenvalue weighted by Gasteiger charge is -2.24. The van der Waals surface area contributed by atoms with Crippen LogP contribution in [-0.2, 0) is 21.6 Å². The number of fused-ring (bicyclic) bond motifs is 1. The predicted molar refractivity (Wildman–Crippen MR) is 65.2 cm³/mol. The molecule has 1 aliphatic rings. The highest BCUT2D eigenvalue weighted by molar-refractivity contribution is 5.93. The van der Waals surface area contributed by atoms with Gasteiger partial charge in [0.15, 0.2) is 0 Å². The van der Waals surface area contributed by atoms with Gasteiger partial charge in [0.1, 0.15) is 0 Å². The van der Waals surface area contributed by atoms with E-state index in [1.165, 1.54) is 6.92 Å². The molecule has 1 atom stereocenters. The first-order valence-corrected chi connectivity index (χ1v) is 5.76. The van der Waals surface area contributed by atoms with Gasteiger partial charge >= 0.3 is 5.97 Å². The summed E-state index contributed by atoms with van der Waals surface area (Å²) in [6, 6.07) is 5.11. The van der Waals surface area contributed by atoms with Crippen molar-refractivity contribution >= 4 is 17.6 Å². The molecule has 5 heteroatoms. The second kappa shape index (κ2) is 4.42. The largest absolute Gasteiger partial charge is 0.481 e. The normalized spacial score (nSPS) is 17.6. The Kier molecular flexibility index (Phi) is 3.09. The van der Waals surface area contributed by atoms with Crippen LogP contribution >= 0.6 is 0 Å². The van der Waals surface area contributed by atoms with E-state index in [9.17, 15) is 14.7 Å². The molecule has 1 aromatic rings. The summed E-state index contributed by atoms with van der Waals surface area (Å²) in [6.45, 7) is 1.48. The minimum Gasteiger partial charge on any atom is -0.481 e. The number of benzene rings is 1. The van der Waals surface area contributed by atoms with Crippen molar-refractivity contribution in [2.24, 2.45) is 0 Å². The number of aliphatic hydroxyl groups is 1. The lowest BCUT2D eigenvalue weighted by molar-refractivity contribution is -0.142. The Morgan fingerprint density at radius 2 is 2.17 bits per heavy atom. The Labute approximate surface area is 104 Å². The Balaban J connectivity index is 2.31. The van der Waals surface area contributed by atoms with Crippen molar-refractivity contribution in [2.75, 3.05) is 5.32 Å². The van der Waals surface area contributed by atoms with Crippen LogP contribution in [0.3, 0.4) is 0 Å². The number of amides is 1. The van der Waals surface area contributed by atoms with E-state index in [2.05, 4.69) is 5.32 Å². The van der Waals surface area contributed by atoms with Crippen LogP contribution in [0.15, 0.2) is 18.2 Å². The van der Waals surface area contributed by atoms with Gasteiger partial charge in [-0.2, -0.15) is 0 Å². The molecular weight excluding hydrogens is 234 g/mol. The molecule has 1 aliphatic heterocycles. The van der Waals surface area contributed by atoms with Gasteiger partial charge in [0.05, 0.1) is 12.0 Å². The first-order valence-electron chi connectivity index (χ1n) is 5.76. The molecule has 1 aromatic carbocycles. The lowest BCUT2D eigenvalue weighted by Crippen LogP contribution is -2.26. The standard InChI is InChI=1S/C13H15NO4/c1-13(18,7-12(16)17)9-3-4-10-8(6-9)2-5-11(15)14-10/h3-4,6,18H,2,5,7H2,1H3,(H,14,15)(H,16,17). The smallest absolute Gasteiger partial charge is 0.306 e. The molecule has 2 rings (SSSR count). The van der Waals surface area contributed by atoms with E-state index in [1.54, 1.807) is 18.2 Å². The van der Waals surface area contributed by atoms with Crippen molar-refractivity contribution in [1.82, 2.24) is 0 Å². The van der Waals surface area contributed by atoms with E-state index < -0.39 is 11.6 Å². The molecule has 1 amide bonds. The summed E-state index contributed by atoms with van der Waals surface area (Å²) < 4.78 is 0. The average molecular weight is 249 g/mol. The van der Waals surface area contributed by atoms with E-state index in [4.69, 9.17) is 5.11 Å². The molecule has 1 heterocycles. The van der Waals surface area contributed by atoms with E-state index >= 15 is 0 Å². The van der Waals surface area contributed by atoms with Crippen LogP contribution in [0.25, 0.3) is 0 Å². The molecule has 5 nitrogen and oxygen atoms in total. The maximum Gasteiger partial charge on any atom is 0.306 e. The number of anilines is 1. The zero-order valence-electron chi connectivity index (χ0n) is 10.1. The van der Waals surface area contributed by atoms with Gasteiger partial charge in [0, 0.05) is 12.1 Å². The van der Waals surface area contributed by atoms with Crippen molar-refractivity contribution in [1.29, 1.82) is 0 Å². The second-order valence-corrected chi connectivity index (χ2v) is 4.76. The summed E-state index contributed by atoms with van der Waals surface area (Å²) in [5.41, 5.74) is 0.821. The molecular formula is C13H15NO4.